The molecule has 2 aliphatic heterocycles. The molecule has 4 atom stereocenters. The molecule has 1 aromatic carbocycles. The minimum Gasteiger partial charge on any atom is -0.462 e. The van der Waals surface area contributed by atoms with Gasteiger partial charge in [0, 0.05) is 0 Å². The van der Waals surface area contributed by atoms with Crippen LogP contribution in [0.15, 0.2) is 30.3 Å². The number of esters is 1. The number of nitrogens with zero attached hydrogens (tertiary/aromatic N) is 1. The topological polar surface area (TPSA) is 38.8 Å². The molecule has 2 fully saturated rings. The number of rotatable bonds is 9. The third-order valence-electron chi connectivity index (χ3n) is 5.65. The number of morpholine rings is 1. The second-order valence-corrected chi connectivity index (χ2v) is 7.57. The quantitative estimate of drug-likeness (QED) is 0.467. The summed E-state index contributed by atoms with van der Waals surface area (Å²) in [5.41, 5.74) is 1.21. The summed E-state index contributed by atoms with van der Waals surface area (Å²) < 4.78 is 12.1. The van der Waals surface area contributed by atoms with Crippen molar-refractivity contribution in [2.45, 2.75) is 89.6 Å². The molecule has 4 heteroatoms. The van der Waals surface area contributed by atoms with Crippen molar-refractivity contribution in [3.63, 3.8) is 0 Å². The molecule has 0 bridgehead atoms. The van der Waals surface area contributed by atoms with Crippen LogP contribution in [-0.4, -0.2) is 35.8 Å². The largest absolute Gasteiger partial charge is 0.462 e. The van der Waals surface area contributed by atoms with Crippen molar-refractivity contribution in [2.75, 3.05) is 6.61 Å². The van der Waals surface area contributed by atoms with Crippen molar-refractivity contribution in [3.05, 3.63) is 35.9 Å². The SMILES string of the molecule is CCCCC[C@@H]1O[C@H](CCCCC)[C@H]2C(=O)OCC(c3ccccc3)N12. The molecule has 2 heterocycles. The van der Waals surface area contributed by atoms with Gasteiger partial charge >= 0.3 is 5.97 Å². The van der Waals surface area contributed by atoms with Crippen molar-refractivity contribution >= 4 is 5.97 Å². The smallest absolute Gasteiger partial charge is 0.326 e. The van der Waals surface area contributed by atoms with E-state index in [-0.39, 0.29) is 30.4 Å². The Kier molecular flexibility index (Phi) is 7.09. The molecule has 0 N–H and O–H groups in total. The van der Waals surface area contributed by atoms with Gasteiger partial charge in [0.15, 0.2) is 0 Å². The fraction of sp³-hybridized carbons (Fsp3) is 0.682. The van der Waals surface area contributed by atoms with Gasteiger partial charge in [-0.3, -0.25) is 9.69 Å². The Morgan fingerprint density at radius 3 is 2.38 bits per heavy atom. The fourth-order valence-electron chi connectivity index (χ4n) is 4.27. The molecule has 0 aromatic heterocycles. The summed E-state index contributed by atoms with van der Waals surface area (Å²) in [5.74, 6) is -0.100. The summed E-state index contributed by atoms with van der Waals surface area (Å²) in [5, 5.41) is 0. The van der Waals surface area contributed by atoms with Gasteiger partial charge in [-0.2, -0.15) is 0 Å². The number of carbonyl (C=O) groups excluding carboxylic acids is 1. The molecule has 0 aliphatic carbocycles. The molecule has 0 radical (unpaired) electrons. The van der Waals surface area contributed by atoms with E-state index < -0.39 is 0 Å². The van der Waals surface area contributed by atoms with Gasteiger partial charge in [-0.05, 0) is 24.8 Å². The molecule has 0 saturated carbocycles. The van der Waals surface area contributed by atoms with Gasteiger partial charge in [0.25, 0.3) is 0 Å². The summed E-state index contributed by atoms with van der Waals surface area (Å²) in [6, 6.07) is 10.3. The first-order valence-electron chi connectivity index (χ1n) is 10.4. The highest BCUT2D eigenvalue weighted by Gasteiger charge is 2.52. The van der Waals surface area contributed by atoms with Crippen molar-refractivity contribution in [2.24, 2.45) is 0 Å². The standard InChI is InChI=1S/C22H33NO3/c1-3-5-8-14-19-21-22(24)25-16-18(17-12-10-7-11-13-17)23(21)20(26-19)15-9-6-4-2/h7,10-13,18-21H,3-6,8-9,14-16H2,1-2H3/t18?,19-,20+,21+/m1/s1. The van der Waals surface area contributed by atoms with Crippen molar-refractivity contribution < 1.29 is 14.3 Å². The zero-order valence-corrected chi connectivity index (χ0v) is 16.2. The van der Waals surface area contributed by atoms with Gasteiger partial charge in [0.1, 0.15) is 18.9 Å². The van der Waals surface area contributed by atoms with E-state index in [9.17, 15) is 4.79 Å². The predicted octanol–water partition coefficient (Wildman–Crippen LogP) is 4.84. The normalized spacial score (nSPS) is 28.8. The Bertz CT molecular complexity index is 562. The van der Waals surface area contributed by atoms with Gasteiger partial charge in [-0.25, -0.2) is 0 Å². The van der Waals surface area contributed by atoms with Crippen LogP contribution in [0.3, 0.4) is 0 Å². The maximum absolute atomic E-state index is 12.6. The van der Waals surface area contributed by atoms with Crippen LogP contribution in [0.5, 0.6) is 0 Å². The summed E-state index contributed by atoms with van der Waals surface area (Å²) in [7, 11) is 0. The predicted molar refractivity (Wildman–Crippen MR) is 103 cm³/mol. The van der Waals surface area contributed by atoms with E-state index >= 15 is 0 Å². The van der Waals surface area contributed by atoms with E-state index in [1.54, 1.807) is 0 Å². The number of hydrogen-bond donors (Lipinski definition) is 0. The average Bonchev–Trinajstić information content (AvgIpc) is 3.03. The summed E-state index contributed by atoms with van der Waals surface area (Å²) in [6.45, 7) is 4.85. The third kappa shape index (κ3) is 4.29. The van der Waals surface area contributed by atoms with Crippen LogP contribution in [0, 0.1) is 0 Å². The summed E-state index contributed by atoms with van der Waals surface area (Å²) in [6.07, 6.45) is 8.94. The number of hydrogen-bond acceptors (Lipinski definition) is 4. The second kappa shape index (κ2) is 9.52. The Morgan fingerprint density at radius 1 is 1.00 bits per heavy atom. The molecule has 2 aliphatic rings. The van der Waals surface area contributed by atoms with Gasteiger partial charge in [0.2, 0.25) is 0 Å². The molecular formula is C22H33NO3. The molecule has 1 unspecified atom stereocenters. The maximum Gasteiger partial charge on any atom is 0.326 e. The van der Waals surface area contributed by atoms with E-state index in [0.717, 1.165) is 25.7 Å². The van der Waals surface area contributed by atoms with Crippen LogP contribution in [0.25, 0.3) is 0 Å². The van der Waals surface area contributed by atoms with Crippen LogP contribution < -0.4 is 0 Å². The molecule has 3 rings (SSSR count). The van der Waals surface area contributed by atoms with E-state index in [1.165, 1.54) is 31.2 Å². The zero-order valence-electron chi connectivity index (χ0n) is 16.2. The Hall–Kier alpha value is -1.39. The molecule has 144 valence electrons. The van der Waals surface area contributed by atoms with Crippen LogP contribution in [0.2, 0.25) is 0 Å². The Balaban J connectivity index is 1.80. The Labute approximate surface area is 157 Å². The number of unbranched alkanes of at least 4 members (excludes halogenated alkanes) is 4. The third-order valence-corrected chi connectivity index (χ3v) is 5.65. The Morgan fingerprint density at radius 2 is 1.69 bits per heavy atom. The van der Waals surface area contributed by atoms with Crippen LogP contribution in [0.1, 0.15) is 76.8 Å². The van der Waals surface area contributed by atoms with Gasteiger partial charge < -0.3 is 9.47 Å². The molecule has 0 amide bonds. The molecular weight excluding hydrogens is 326 g/mol. The maximum atomic E-state index is 12.6. The van der Waals surface area contributed by atoms with Crippen molar-refractivity contribution in [1.29, 1.82) is 0 Å². The summed E-state index contributed by atoms with van der Waals surface area (Å²) >= 11 is 0. The first-order valence-corrected chi connectivity index (χ1v) is 10.4. The van der Waals surface area contributed by atoms with E-state index in [2.05, 4.69) is 43.0 Å². The van der Waals surface area contributed by atoms with Gasteiger partial charge in [-0.1, -0.05) is 76.3 Å². The second-order valence-electron chi connectivity index (χ2n) is 7.57. The number of fused-ring (bicyclic) bond motifs is 1. The lowest BCUT2D eigenvalue weighted by atomic mass is 9.97. The highest BCUT2D eigenvalue weighted by Crippen LogP contribution is 2.40. The molecule has 4 nitrogen and oxygen atoms in total. The lowest BCUT2D eigenvalue weighted by Crippen LogP contribution is -2.52. The van der Waals surface area contributed by atoms with E-state index in [1.807, 2.05) is 6.07 Å². The minimum atomic E-state index is -0.252. The average molecular weight is 360 g/mol. The van der Waals surface area contributed by atoms with Crippen LogP contribution in [-0.2, 0) is 14.3 Å². The first kappa shape index (κ1) is 19.4. The van der Waals surface area contributed by atoms with E-state index in [4.69, 9.17) is 9.47 Å². The van der Waals surface area contributed by atoms with Crippen molar-refractivity contribution in [1.82, 2.24) is 4.90 Å². The van der Waals surface area contributed by atoms with E-state index in [0.29, 0.717) is 6.61 Å². The van der Waals surface area contributed by atoms with Crippen LogP contribution >= 0.6 is 0 Å². The summed E-state index contributed by atoms with van der Waals surface area (Å²) in [4.78, 5) is 15.0. The highest BCUT2D eigenvalue weighted by molar-refractivity contribution is 5.78. The van der Waals surface area contributed by atoms with Gasteiger partial charge in [-0.15, -0.1) is 0 Å². The lowest BCUT2D eigenvalue weighted by Gasteiger charge is -2.39. The highest BCUT2D eigenvalue weighted by atomic mass is 16.6. The molecule has 1 aromatic rings. The lowest BCUT2D eigenvalue weighted by molar-refractivity contribution is -0.163. The molecule has 0 spiro atoms. The number of cyclic esters (lactones) is 1. The molecule has 26 heavy (non-hydrogen) atoms. The van der Waals surface area contributed by atoms with Crippen LogP contribution in [0.4, 0.5) is 0 Å². The minimum absolute atomic E-state index is 0.0243. The monoisotopic (exact) mass is 359 g/mol. The number of ether oxygens (including phenoxy) is 2. The van der Waals surface area contributed by atoms with Crippen molar-refractivity contribution in [3.8, 4) is 0 Å². The molecule has 2 saturated heterocycles. The number of benzene rings is 1. The van der Waals surface area contributed by atoms with Gasteiger partial charge in [0.05, 0.1) is 12.1 Å². The number of carbonyl (C=O) groups is 1. The fourth-order valence-corrected chi connectivity index (χ4v) is 4.27. The first-order chi connectivity index (χ1) is 12.8. The zero-order chi connectivity index (χ0) is 18.4.